The fraction of sp³-hybridized carbons (Fsp3) is 0.182. The third-order valence-corrected chi connectivity index (χ3v) is 5.56. The molecule has 0 spiro atoms. The first kappa shape index (κ1) is 24.7. The number of methoxy groups -OCH3 is 2. The zero-order valence-electron chi connectivity index (χ0n) is 18.8. The molecule has 13 nitrogen and oxygen atoms in total. The Morgan fingerprint density at radius 1 is 0.861 bits per heavy atom. The van der Waals surface area contributed by atoms with Gasteiger partial charge in [-0.1, -0.05) is 0 Å². The molecular formula is C22H17O13S-. The summed E-state index contributed by atoms with van der Waals surface area (Å²) < 4.78 is 64.6. The molecule has 190 valence electrons. The Labute approximate surface area is 202 Å². The lowest BCUT2D eigenvalue weighted by Gasteiger charge is -2.12. The number of carboxylic acid groups (broad SMARTS) is 2. The summed E-state index contributed by atoms with van der Waals surface area (Å²) in [6, 6.07) is 4.95. The van der Waals surface area contributed by atoms with E-state index in [4.69, 9.17) is 23.0 Å². The highest BCUT2D eigenvalue weighted by Crippen LogP contribution is 2.39. The first-order chi connectivity index (χ1) is 16.9. The highest BCUT2D eigenvalue weighted by atomic mass is 32.3. The zero-order valence-corrected chi connectivity index (χ0v) is 19.6. The van der Waals surface area contributed by atoms with Crippen molar-refractivity contribution in [2.24, 2.45) is 0 Å². The summed E-state index contributed by atoms with van der Waals surface area (Å²) in [5.74, 6) is -3.11. The normalized spacial score (nSPS) is 11.6. The summed E-state index contributed by atoms with van der Waals surface area (Å²) >= 11 is 0. The van der Waals surface area contributed by atoms with Crippen LogP contribution in [0.2, 0.25) is 0 Å². The van der Waals surface area contributed by atoms with E-state index >= 15 is 0 Å². The van der Waals surface area contributed by atoms with Crippen molar-refractivity contribution < 1.29 is 60.0 Å². The van der Waals surface area contributed by atoms with Crippen molar-refractivity contribution in [3.8, 4) is 23.0 Å². The number of carboxylic acids is 2. The van der Waals surface area contributed by atoms with Gasteiger partial charge in [0.1, 0.15) is 34.7 Å². The lowest BCUT2D eigenvalue weighted by Crippen LogP contribution is -2.08. The molecule has 0 fully saturated rings. The van der Waals surface area contributed by atoms with Crippen LogP contribution in [0.5, 0.6) is 23.0 Å². The summed E-state index contributed by atoms with van der Waals surface area (Å²) in [5.41, 5.74) is -0.219. The van der Waals surface area contributed by atoms with Gasteiger partial charge in [-0.2, -0.15) is 0 Å². The molecule has 0 saturated carbocycles. The van der Waals surface area contributed by atoms with E-state index in [1.165, 1.54) is 33.3 Å². The number of rotatable bonds is 9. The maximum atomic E-state index is 12.0. The molecule has 0 saturated heterocycles. The third-order valence-electron chi connectivity index (χ3n) is 5.18. The minimum absolute atomic E-state index is 0.0143. The van der Waals surface area contributed by atoms with Gasteiger partial charge in [0, 0.05) is 22.9 Å². The van der Waals surface area contributed by atoms with Crippen molar-refractivity contribution in [3.05, 3.63) is 46.9 Å². The number of benzene rings is 2. The Balaban J connectivity index is 1.78. The number of hydrogen-bond acceptors (Lipinski definition) is 11. The lowest BCUT2D eigenvalue weighted by atomic mass is 10.1. The van der Waals surface area contributed by atoms with Crippen LogP contribution in [0.15, 0.2) is 33.1 Å². The standard InChI is InChI=1S/C22H18O13S/c1-9-19(21(23)24)10-4-16(14(30-2)6-12(10)33-9)32-8-18-20(22(25)26)11-5-17(35-36(27,28)29)15(31-3)7-13(11)34-18/h4-7H,8H2,1-3H3,(H,23,24)(H,25,26)(H,27,28,29)/p-1. The minimum Gasteiger partial charge on any atom is -0.716 e. The molecule has 36 heavy (non-hydrogen) atoms. The summed E-state index contributed by atoms with van der Waals surface area (Å²) in [6.45, 7) is 1.05. The van der Waals surface area contributed by atoms with E-state index in [1.54, 1.807) is 0 Å². The molecule has 0 aliphatic rings. The number of furan rings is 2. The monoisotopic (exact) mass is 521 g/mol. The van der Waals surface area contributed by atoms with Gasteiger partial charge in [-0.05, 0) is 19.1 Å². The van der Waals surface area contributed by atoms with E-state index in [2.05, 4.69) is 4.18 Å². The van der Waals surface area contributed by atoms with E-state index in [0.29, 0.717) is 0 Å². The molecule has 2 heterocycles. The predicted molar refractivity (Wildman–Crippen MR) is 119 cm³/mol. The average Bonchev–Trinajstić information content (AvgIpc) is 3.30. The topological polar surface area (TPSA) is 195 Å². The highest BCUT2D eigenvalue weighted by molar-refractivity contribution is 7.81. The van der Waals surface area contributed by atoms with Gasteiger partial charge in [-0.3, -0.25) is 0 Å². The van der Waals surface area contributed by atoms with Crippen molar-refractivity contribution in [1.82, 2.24) is 0 Å². The molecule has 2 aromatic heterocycles. The Hall–Kier alpha value is -4.43. The van der Waals surface area contributed by atoms with Gasteiger partial charge in [-0.15, -0.1) is 0 Å². The molecule has 4 rings (SSSR count). The molecular weight excluding hydrogens is 504 g/mol. The van der Waals surface area contributed by atoms with Gasteiger partial charge in [0.2, 0.25) is 0 Å². The summed E-state index contributed by atoms with van der Waals surface area (Å²) in [5, 5.41) is 19.4. The average molecular weight is 521 g/mol. The molecule has 0 aliphatic heterocycles. The van der Waals surface area contributed by atoms with Crippen LogP contribution in [0.25, 0.3) is 21.9 Å². The predicted octanol–water partition coefficient (Wildman–Crippen LogP) is 3.32. The van der Waals surface area contributed by atoms with Crippen LogP contribution in [0.1, 0.15) is 32.2 Å². The smallest absolute Gasteiger partial charge is 0.340 e. The van der Waals surface area contributed by atoms with Crippen LogP contribution in [0.4, 0.5) is 0 Å². The van der Waals surface area contributed by atoms with E-state index in [9.17, 15) is 32.8 Å². The Morgan fingerprint density at radius 3 is 1.94 bits per heavy atom. The number of aryl methyl sites for hydroxylation is 1. The Morgan fingerprint density at radius 2 is 1.39 bits per heavy atom. The summed E-state index contributed by atoms with van der Waals surface area (Å²) in [4.78, 5) is 23.6. The van der Waals surface area contributed by atoms with Crippen LogP contribution in [0, 0.1) is 6.92 Å². The quantitative estimate of drug-likeness (QED) is 0.241. The summed E-state index contributed by atoms with van der Waals surface area (Å²) in [7, 11) is -2.65. The molecule has 4 aromatic rings. The van der Waals surface area contributed by atoms with Gasteiger partial charge in [0.05, 0.1) is 14.2 Å². The van der Waals surface area contributed by atoms with Gasteiger partial charge in [-0.25, -0.2) is 18.0 Å². The second-order valence-electron chi connectivity index (χ2n) is 7.32. The third kappa shape index (κ3) is 4.46. The van der Waals surface area contributed by atoms with Crippen LogP contribution in [0.3, 0.4) is 0 Å². The fourth-order valence-corrected chi connectivity index (χ4v) is 4.08. The number of aromatic carboxylic acids is 2. The number of ether oxygens (including phenoxy) is 3. The molecule has 0 atom stereocenters. The van der Waals surface area contributed by atoms with Gasteiger partial charge < -0.3 is 42.0 Å². The molecule has 0 bridgehead atoms. The number of hydrogen-bond donors (Lipinski definition) is 2. The maximum absolute atomic E-state index is 12.0. The largest absolute Gasteiger partial charge is 0.716 e. The van der Waals surface area contributed by atoms with E-state index in [-0.39, 0.29) is 61.8 Å². The number of fused-ring (bicyclic) bond motifs is 2. The minimum atomic E-state index is -5.18. The van der Waals surface area contributed by atoms with E-state index in [0.717, 1.165) is 12.1 Å². The maximum Gasteiger partial charge on any atom is 0.340 e. The van der Waals surface area contributed by atoms with Gasteiger partial charge >= 0.3 is 11.9 Å². The Bertz CT molecular complexity index is 1630. The lowest BCUT2D eigenvalue weighted by molar-refractivity contribution is 0.0683. The fourth-order valence-electron chi connectivity index (χ4n) is 3.73. The highest BCUT2D eigenvalue weighted by Gasteiger charge is 2.25. The molecule has 14 heteroatoms. The van der Waals surface area contributed by atoms with Crippen LogP contribution >= 0.6 is 0 Å². The van der Waals surface area contributed by atoms with Crippen LogP contribution < -0.4 is 18.4 Å². The van der Waals surface area contributed by atoms with Crippen molar-refractivity contribution in [2.45, 2.75) is 13.5 Å². The first-order valence-corrected chi connectivity index (χ1v) is 11.3. The first-order valence-electron chi connectivity index (χ1n) is 9.92. The molecule has 2 aromatic carbocycles. The second kappa shape index (κ2) is 8.98. The number of carbonyl (C=O) groups is 2. The SMILES string of the molecule is COc1cc2oc(C)c(C(=O)O)c2cc1OCc1oc2cc(OC)c(OS(=O)(=O)[O-])cc2c1C(=O)O. The molecule has 0 aliphatic carbocycles. The molecule has 0 radical (unpaired) electrons. The zero-order chi connectivity index (χ0) is 26.4. The van der Waals surface area contributed by atoms with Crippen molar-refractivity contribution in [1.29, 1.82) is 0 Å². The second-order valence-corrected chi connectivity index (χ2v) is 8.31. The molecule has 0 unspecified atom stereocenters. The van der Waals surface area contributed by atoms with Gasteiger partial charge in [0.15, 0.2) is 28.8 Å². The summed E-state index contributed by atoms with van der Waals surface area (Å²) in [6.07, 6.45) is 0. The molecule has 0 amide bonds. The Kier molecular flexibility index (Phi) is 6.16. The van der Waals surface area contributed by atoms with Crippen LogP contribution in [-0.4, -0.2) is 49.3 Å². The molecule has 2 N–H and O–H groups in total. The van der Waals surface area contributed by atoms with E-state index < -0.39 is 34.7 Å². The van der Waals surface area contributed by atoms with Crippen molar-refractivity contribution in [3.63, 3.8) is 0 Å². The van der Waals surface area contributed by atoms with Crippen molar-refractivity contribution >= 4 is 44.3 Å². The van der Waals surface area contributed by atoms with Crippen LogP contribution in [-0.2, 0) is 17.0 Å². The van der Waals surface area contributed by atoms with Gasteiger partial charge in [0.25, 0.3) is 10.4 Å². The van der Waals surface area contributed by atoms with E-state index in [1.807, 2.05) is 0 Å². The van der Waals surface area contributed by atoms with Crippen molar-refractivity contribution in [2.75, 3.05) is 14.2 Å².